The largest absolute Gasteiger partial charge is 0.327 e. The van der Waals surface area contributed by atoms with E-state index in [4.69, 9.17) is 11.6 Å². The van der Waals surface area contributed by atoms with Crippen LogP contribution in [0, 0.1) is 6.92 Å². The van der Waals surface area contributed by atoms with Crippen molar-refractivity contribution in [3.05, 3.63) is 64.7 Å². The van der Waals surface area contributed by atoms with Gasteiger partial charge in [0.2, 0.25) is 0 Å². The minimum Gasteiger partial charge on any atom is -0.327 e. The molecule has 0 aromatic heterocycles. The van der Waals surface area contributed by atoms with Crippen LogP contribution in [0.2, 0.25) is 5.02 Å². The van der Waals surface area contributed by atoms with E-state index in [9.17, 15) is 9.59 Å². The van der Waals surface area contributed by atoms with Gasteiger partial charge in [0.25, 0.3) is 11.8 Å². The van der Waals surface area contributed by atoms with Crippen molar-refractivity contribution < 1.29 is 14.5 Å². The fourth-order valence-electron chi connectivity index (χ4n) is 3.07. The highest BCUT2D eigenvalue weighted by Gasteiger charge is 2.25. The molecule has 0 saturated carbocycles. The summed E-state index contributed by atoms with van der Waals surface area (Å²) in [6, 6.07) is 14.8. The molecule has 6 heteroatoms. The van der Waals surface area contributed by atoms with Gasteiger partial charge in [-0.05, 0) is 36.8 Å². The molecule has 1 fully saturated rings. The van der Waals surface area contributed by atoms with Gasteiger partial charge in [0.15, 0.2) is 6.54 Å². The van der Waals surface area contributed by atoms with E-state index in [-0.39, 0.29) is 11.8 Å². The number of piperazine rings is 1. The van der Waals surface area contributed by atoms with Crippen LogP contribution in [0.15, 0.2) is 48.5 Å². The summed E-state index contributed by atoms with van der Waals surface area (Å²) in [4.78, 5) is 27.7. The van der Waals surface area contributed by atoms with Crippen molar-refractivity contribution in [2.24, 2.45) is 0 Å². The maximum atomic E-state index is 12.5. The maximum Gasteiger partial charge on any atom is 0.279 e. The van der Waals surface area contributed by atoms with Gasteiger partial charge in [-0.25, -0.2) is 0 Å². The molecule has 2 N–H and O–H groups in total. The zero-order valence-electron chi connectivity index (χ0n) is 14.8. The Morgan fingerprint density at radius 2 is 1.81 bits per heavy atom. The summed E-state index contributed by atoms with van der Waals surface area (Å²) < 4.78 is 0. The van der Waals surface area contributed by atoms with Crippen molar-refractivity contribution in [2.75, 3.05) is 38.0 Å². The first kappa shape index (κ1) is 18.4. The number of hydrogen-bond acceptors (Lipinski definition) is 2. The molecular weight excluding hydrogens is 350 g/mol. The minimum absolute atomic E-state index is 0.0391. The molecule has 5 nitrogen and oxygen atoms in total. The molecule has 0 atom stereocenters. The van der Waals surface area contributed by atoms with Crippen LogP contribution in [0.4, 0.5) is 5.69 Å². The van der Waals surface area contributed by atoms with E-state index in [1.54, 1.807) is 6.07 Å². The Bertz CT molecular complexity index is 787. The third-order valence-corrected chi connectivity index (χ3v) is 5.05. The van der Waals surface area contributed by atoms with Crippen LogP contribution in [-0.2, 0) is 4.79 Å². The Morgan fingerprint density at radius 1 is 1.12 bits per heavy atom. The second-order valence-electron chi connectivity index (χ2n) is 6.60. The SMILES string of the molecule is Cc1ccc(NC(=O)C[NH+]2CCN(C(=O)c3ccccc3)CC2)cc1Cl. The van der Waals surface area contributed by atoms with Crippen LogP contribution < -0.4 is 10.2 Å². The number of carbonyl (C=O) groups excluding carboxylic acids is 2. The van der Waals surface area contributed by atoms with Crippen molar-refractivity contribution in [2.45, 2.75) is 6.92 Å². The summed E-state index contributed by atoms with van der Waals surface area (Å²) in [5, 5.41) is 3.53. The molecule has 0 unspecified atom stereocenters. The first-order valence-corrected chi connectivity index (χ1v) is 9.14. The van der Waals surface area contributed by atoms with E-state index in [0.717, 1.165) is 18.7 Å². The summed E-state index contributed by atoms with van der Waals surface area (Å²) in [7, 11) is 0. The molecule has 3 rings (SSSR count). The van der Waals surface area contributed by atoms with Crippen molar-refractivity contribution in [1.82, 2.24) is 4.90 Å². The van der Waals surface area contributed by atoms with Crippen LogP contribution in [0.25, 0.3) is 0 Å². The predicted octanol–water partition coefficient (Wildman–Crippen LogP) is 1.63. The molecule has 0 aliphatic carbocycles. The summed E-state index contributed by atoms with van der Waals surface area (Å²) >= 11 is 6.09. The number of nitrogens with one attached hydrogen (secondary N) is 2. The number of amides is 2. The monoisotopic (exact) mass is 372 g/mol. The van der Waals surface area contributed by atoms with Crippen molar-refractivity contribution >= 4 is 29.1 Å². The fraction of sp³-hybridized carbons (Fsp3) is 0.300. The highest BCUT2D eigenvalue weighted by atomic mass is 35.5. The van der Waals surface area contributed by atoms with Crippen LogP contribution in [-0.4, -0.2) is 49.4 Å². The number of halogens is 1. The Labute approximate surface area is 158 Å². The molecule has 0 radical (unpaired) electrons. The lowest BCUT2D eigenvalue weighted by atomic mass is 10.2. The van der Waals surface area contributed by atoms with Crippen LogP contribution in [0.3, 0.4) is 0 Å². The predicted molar refractivity (Wildman–Crippen MR) is 103 cm³/mol. The van der Waals surface area contributed by atoms with Gasteiger partial charge in [0.1, 0.15) is 0 Å². The molecular formula is C20H23ClN3O2+. The molecule has 26 heavy (non-hydrogen) atoms. The molecule has 1 aliphatic rings. The first-order valence-electron chi connectivity index (χ1n) is 8.77. The molecule has 1 saturated heterocycles. The molecule has 136 valence electrons. The van der Waals surface area contributed by atoms with Gasteiger partial charge < -0.3 is 15.1 Å². The number of hydrogen-bond donors (Lipinski definition) is 2. The number of quaternary nitrogens is 1. The zero-order chi connectivity index (χ0) is 18.5. The van der Waals surface area contributed by atoms with E-state index >= 15 is 0 Å². The topological polar surface area (TPSA) is 53.9 Å². The van der Waals surface area contributed by atoms with Gasteiger partial charge in [-0.15, -0.1) is 0 Å². The second kappa shape index (κ2) is 8.34. The lowest BCUT2D eigenvalue weighted by molar-refractivity contribution is -0.895. The molecule has 2 aromatic carbocycles. The normalized spacial score (nSPS) is 14.9. The Kier molecular flexibility index (Phi) is 5.91. The molecule has 0 spiro atoms. The Morgan fingerprint density at radius 3 is 2.46 bits per heavy atom. The number of nitrogens with zero attached hydrogens (tertiary/aromatic N) is 1. The molecule has 2 amide bonds. The number of aryl methyl sites for hydroxylation is 1. The number of rotatable bonds is 4. The summed E-state index contributed by atoms with van der Waals surface area (Å²) in [6.07, 6.45) is 0. The van der Waals surface area contributed by atoms with Gasteiger partial charge >= 0.3 is 0 Å². The summed E-state index contributed by atoms with van der Waals surface area (Å²) in [6.45, 7) is 5.16. The molecule has 2 aromatic rings. The lowest BCUT2D eigenvalue weighted by Crippen LogP contribution is -3.15. The van der Waals surface area contributed by atoms with Gasteiger partial charge in [-0.1, -0.05) is 35.9 Å². The van der Waals surface area contributed by atoms with E-state index in [0.29, 0.717) is 35.9 Å². The van der Waals surface area contributed by atoms with Gasteiger partial charge in [0, 0.05) is 16.3 Å². The highest BCUT2D eigenvalue weighted by molar-refractivity contribution is 6.31. The second-order valence-corrected chi connectivity index (χ2v) is 7.00. The van der Waals surface area contributed by atoms with Crippen molar-refractivity contribution in [3.8, 4) is 0 Å². The van der Waals surface area contributed by atoms with E-state index in [1.807, 2.05) is 54.3 Å². The molecule has 1 heterocycles. The summed E-state index contributed by atoms with van der Waals surface area (Å²) in [5.74, 6) is 0.0196. The van der Waals surface area contributed by atoms with Crippen LogP contribution >= 0.6 is 11.6 Å². The molecule has 0 bridgehead atoms. The highest BCUT2D eigenvalue weighted by Crippen LogP contribution is 2.19. The Balaban J connectivity index is 1.48. The van der Waals surface area contributed by atoms with Gasteiger partial charge in [0.05, 0.1) is 26.2 Å². The van der Waals surface area contributed by atoms with Crippen LogP contribution in [0.5, 0.6) is 0 Å². The van der Waals surface area contributed by atoms with Gasteiger partial charge in [-0.3, -0.25) is 9.59 Å². The van der Waals surface area contributed by atoms with Gasteiger partial charge in [-0.2, -0.15) is 0 Å². The maximum absolute atomic E-state index is 12.5. The number of benzene rings is 2. The standard InChI is InChI=1S/C20H22ClN3O2/c1-15-7-8-17(13-18(15)21)22-19(25)14-23-9-11-24(12-10-23)20(26)16-5-3-2-4-6-16/h2-8,13H,9-12,14H2,1H3,(H,22,25)/p+1. The summed E-state index contributed by atoms with van der Waals surface area (Å²) in [5.41, 5.74) is 2.40. The minimum atomic E-state index is -0.0391. The average molecular weight is 373 g/mol. The van der Waals surface area contributed by atoms with E-state index in [1.165, 1.54) is 4.90 Å². The smallest absolute Gasteiger partial charge is 0.279 e. The lowest BCUT2D eigenvalue weighted by Gasteiger charge is -2.32. The fourth-order valence-corrected chi connectivity index (χ4v) is 3.25. The van der Waals surface area contributed by atoms with Crippen molar-refractivity contribution in [1.29, 1.82) is 0 Å². The van der Waals surface area contributed by atoms with E-state index < -0.39 is 0 Å². The number of anilines is 1. The van der Waals surface area contributed by atoms with Crippen LogP contribution in [0.1, 0.15) is 15.9 Å². The number of carbonyl (C=O) groups is 2. The quantitative estimate of drug-likeness (QED) is 0.857. The average Bonchev–Trinajstić information content (AvgIpc) is 2.65. The Hall–Kier alpha value is -2.37. The third-order valence-electron chi connectivity index (χ3n) is 4.64. The first-order chi connectivity index (χ1) is 12.5. The molecule has 1 aliphatic heterocycles. The third kappa shape index (κ3) is 4.62. The zero-order valence-corrected chi connectivity index (χ0v) is 15.6. The van der Waals surface area contributed by atoms with Crippen molar-refractivity contribution in [3.63, 3.8) is 0 Å². The van der Waals surface area contributed by atoms with E-state index in [2.05, 4.69) is 5.32 Å².